The van der Waals surface area contributed by atoms with Crippen molar-refractivity contribution in [2.45, 2.75) is 0 Å². The molecule has 0 aliphatic heterocycles. The van der Waals surface area contributed by atoms with Crippen molar-refractivity contribution < 1.29 is 4.42 Å². The molecule has 0 bridgehead atoms. The van der Waals surface area contributed by atoms with Crippen LogP contribution in [-0.2, 0) is 0 Å². The smallest absolute Gasteiger partial charge is 0.282 e. The number of hydrogen-bond acceptors (Lipinski definition) is 4. The standard InChI is InChI=1S/C27H17BrN4O2/c28-19-8-5-9-20(16-19)31-14-6-10-21(31)17-29-32-26(25-15-18-7-1-4-13-24(18)34-25)30-23-12-3-2-11-22(23)27(32)33/h1-17H. The second-order valence-electron chi connectivity index (χ2n) is 7.75. The zero-order valence-electron chi connectivity index (χ0n) is 17.8. The molecule has 34 heavy (non-hydrogen) atoms. The Hall–Kier alpha value is -4.23. The predicted octanol–water partition coefficient (Wildman–Crippen LogP) is 6.25. The SMILES string of the molecule is O=c1c2ccccc2nc(-c2cc3ccccc3o2)n1N=Cc1cccn1-c1cccc(Br)c1. The van der Waals surface area contributed by atoms with E-state index in [4.69, 9.17) is 9.40 Å². The Balaban J connectivity index is 1.53. The van der Waals surface area contributed by atoms with Crippen molar-refractivity contribution >= 4 is 44.0 Å². The molecule has 0 saturated carbocycles. The van der Waals surface area contributed by atoms with E-state index in [0.29, 0.717) is 22.5 Å². The molecule has 0 unspecified atom stereocenters. The van der Waals surface area contributed by atoms with Gasteiger partial charge in [0.05, 0.1) is 22.8 Å². The summed E-state index contributed by atoms with van der Waals surface area (Å²) in [5.74, 6) is 0.820. The molecular formula is C27H17BrN4O2. The van der Waals surface area contributed by atoms with Gasteiger partial charge in [-0.05, 0) is 54.6 Å². The van der Waals surface area contributed by atoms with E-state index in [1.54, 1.807) is 12.3 Å². The lowest BCUT2D eigenvalue weighted by atomic mass is 10.2. The molecule has 0 radical (unpaired) electrons. The lowest BCUT2D eigenvalue weighted by Crippen LogP contribution is -2.20. The molecule has 0 aliphatic rings. The second-order valence-corrected chi connectivity index (χ2v) is 8.66. The van der Waals surface area contributed by atoms with Gasteiger partial charge >= 0.3 is 0 Å². The molecule has 3 heterocycles. The predicted molar refractivity (Wildman–Crippen MR) is 138 cm³/mol. The van der Waals surface area contributed by atoms with Crippen LogP contribution in [0.4, 0.5) is 0 Å². The fourth-order valence-electron chi connectivity index (χ4n) is 3.96. The number of para-hydroxylation sites is 2. The summed E-state index contributed by atoms with van der Waals surface area (Å²) in [6.45, 7) is 0. The highest BCUT2D eigenvalue weighted by Gasteiger charge is 2.16. The number of furan rings is 1. The zero-order chi connectivity index (χ0) is 23.1. The summed E-state index contributed by atoms with van der Waals surface area (Å²) >= 11 is 3.52. The van der Waals surface area contributed by atoms with Gasteiger partial charge in [0.25, 0.3) is 5.56 Å². The van der Waals surface area contributed by atoms with E-state index in [-0.39, 0.29) is 5.56 Å². The molecule has 0 fully saturated rings. The highest BCUT2D eigenvalue weighted by molar-refractivity contribution is 9.10. The van der Waals surface area contributed by atoms with E-state index in [1.165, 1.54) is 4.68 Å². The summed E-state index contributed by atoms with van der Waals surface area (Å²) in [7, 11) is 0. The summed E-state index contributed by atoms with van der Waals surface area (Å²) < 4.78 is 10.3. The Morgan fingerprint density at radius 3 is 2.65 bits per heavy atom. The van der Waals surface area contributed by atoms with Crippen LogP contribution < -0.4 is 5.56 Å². The molecule has 7 heteroatoms. The maximum Gasteiger partial charge on any atom is 0.282 e. The summed E-state index contributed by atoms with van der Waals surface area (Å²) in [5.41, 5.74) is 2.83. The molecule has 0 N–H and O–H groups in total. The summed E-state index contributed by atoms with van der Waals surface area (Å²) in [6.07, 6.45) is 3.61. The average Bonchev–Trinajstić information content (AvgIpc) is 3.50. The molecule has 0 aliphatic carbocycles. The van der Waals surface area contributed by atoms with Crippen molar-refractivity contribution in [3.63, 3.8) is 0 Å². The Kier molecular flexibility index (Phi) is 4.96. The van der Waals surface area contributed by atoms with Crippen LogP contribution in [-0.4, -0.2) is 20.4 Å². The lowest BCUT2D eigenvalue weighted by molar-refractivity contribution is 0.616. The minimum atomic E-state index is -0.266. The highest BCUT2D eigenvalue weighted by atomic mass is 79.9. The van der Waals surface area contributed by atoms with Gasteiger partial charge in [-0.3, -0.25) is 4.79 Å². The van der Waals surface area contributed by atoms with Crippen molar-refractivity contribution in [2.24, 2.45) is 5.10 Å². The molecule has 164 valence electrons. The number of rotatable bonds is 4. The zero-order valence-corrected chi connectivity index (χ0v) is 19.4. The molecular weight excluding hydrogens is 492 g/mol. The van der Waals surface area contributed by atoms with Gasteiger partial charge in [-0.25, -0.2) is 4.98 Å². The minimum Gasteiger partial charge on any atom is -0.453 e. The summed E-state index contributed by atoms with van der Waals surface area (Å²) in [6, 6.07) is 28.6. The van der Waals surface area contributed by atoms with Crippen molar-refractivity contribution in [1.82, 2.24) is 14.2 Å². The number of aromatic nitrogens is 3. The fourth-order valence-corrected chi connectivity index (χ4v) is 4.35. The molecule has 6 nitrogen and oxygen atoms in total. The Morgan fingerprint density at radius 2 is 1.76 bits per heavy atom. The number of benzene rings is 3. The van der Waals surface area contributed by atoms with E-state index >= 15 is 0 Å². The molecule has 6 rings (SSSR count). The first-order chi connectivity index (χ1) is 16.7. The third-order valence-corrected chi connectivity index (χ3v) is 6.07. The van der Waals surface area contributed by atoms with Crippen LogP contribution >= 0.6 is 15.9 Å². The number of halogens is 1. The van der Waals surface area contributed by atoms with Gasteiger partial charge < -0.3 is 8.98 Å². The quantitative estimate of drug-likeness (QED) is 0.264. The molecule has 0 amide bonds. The minimum absolute atomic E-state index is 0.266. The number of nitrogens with zero attached hydrogens (tertiary/aromatic N) is 4. The van der Waals surface area contributed by atoms with Crippen LogP contribution in [0, 0.1) is 0 Å². The van der Waals surface area contributed by atoms with Crippen molar-refractivity contribution in [3.8, 4) is 17.3 Å². The molecule has 0 atom stereocenters. The molecule has 3 aromatic heterocycles. The van der Waals surface area contributed by atoms with E-state index < -0.39 is 0 Å². The van der Waals surface area contributed by atoms with Gasteiger partial charge in [-0.1, -0.05) is 52.3 Å². The first-order valence-electron chi connectivity index (χ1n) is 10.7. The lowest BCUT2D eigenvalue weighted by Gasteiger charge is -2.09. The van der Waals surface area contributed by atoms with Crippen LogP contribution in [0.25, 0.3) is 39.1 Å². The normalized spacial score (nSPS) is 11.7. The van der Waals surface area contributed by atoms with Gasteiger partial charge in [0.15, 0.2) is 5.76 Å². The highest BCUT2D eigenvalue weighted by Crippen LogP contribution is 2.27. The Bertz CT molecular complexity index is 1730. The Labute approximate surface area is 202 Å². The van der Waals surface area contributed by atoms with Crippen LogP contribution in [0.15, 0.2) is 116 Å². The first kappa shape index (κ1) is 20.4. The van der Waals surface area contributed by atoms with Gasteiger partial charge in [-0.2, -0.15) is 9.78 Å². The van der Waals surface area contributed by atoms with Crippen molar-refractivity contribution in [2.75, 3.05) is 0 Å². The molecule has 3 aromatic carbocycles. The summed E-state index contributed by atoms with van der Waals surface area (Å²) in [4.78, 5) is 18.2. The number of fused-ring (bicyclic) bond motifs is 2. The largest absolute Gasteiger partial charge is 0.453 e. The maximum atomic E-state index is 13.5. The van der Waals surface area contributed by atoms with Crippen LogP contribution in [0.2, 0.25) is 0 Å². The van der Waals surface area contributed by atoms with Gasteiger partial charge in [0, 0.05) is 21.7 Å². The van der Waals surface area contributed by atoms with Gasteiger partial charge in [-0.15, -0.1) is 0 Å². The second kappa shape index (κ2) is 8.28. The van der Waals surface area contributed by atoms with Crippen LogP contribution in [0.3, 0.4) is 0 Å². The van der Waals surface area contributed by atoms with E-state index in [0.717, 1.165) is 26.8 Å². The van der Waals surface area contributed by atoms with Crippen molar-refractivity contribution in [3.05, 3.63) is 118 Å². The van der Waals surface area contributed by atoms with E-state index in [2.05, 4.69) is 21.0 Å². The topological polar surface area (TPSA) is 65.3 Å². The monoisotopic (exact) mass is 508 g/mol. The van der Waals surface area contributed by atoms with Gasteiger partial charge in [0.1, 0.15) is 5.58 Å². The van der Waals surface area contributed by atoms with Gasteiger partial charge in [0.2, 0.25) is 5.82 Å². The fraction of sp³-hybridized carbons (Fsp3) is 0. The van der Waals surface area contributed by atoms with Crippen molar-refractivity contribution in [1.29, 1.82) is 0 Å². The maximum absolute atomic E-state index is 13.5. The van der Waals surface area contributed by atoms with Crippen LogP contribution in [0.1, 0.15) is 5.69 Å². The molecule has 0 spiro atoms. The number of hydrogen-bond donors (Lipinski definition) is 0. The van der Waals surface area contributed by atoms with E-state index in [9.17, 15) is 4.79 Å². The Morgan fingerprint density at radius 1 is 0.912 bits per heavy atom. The third-order valence-electron chi connectivity index (χ3n) is 5.57. The third kappa shape index (κ3) is 3.56. The summed E-state index contributed by atoms with van der Waals surface area (Å²) in [5, 5.41) is 6.00. The molecule has 0 saturated heterocycles. The van der Waals surface area contributed by atoms with E-state index in [1.807, 2.05) is 95.7 Å². The first-order valence-corrected chi connectivity index (χ1v) is 11.4. The van der Waals surface area contributed by atoms with Crippen LogP contribution in [0.5, 0.6) is 0 Å². The average molecular weight is 509 g/mol. The molecule has 6 aromatic rings.